The summed E-state index contributed by atoms with van der Waals surface area (Å²) in [5, 5.41) is 9.28. The van der Waals surface area contributed by atoms with Gasteiger partial charge in [-0.25, -0.2) is 4.39 Å². The Morgan fingerprint density at radius 1 is 1.48 bits per heavy atom. The van der Waals surface area contributed by atoms with Crippen LogP contribution in [0.4, 0.5) is 4.39 Å². The van der Waals surface area contributed by atoms with Crippen LogP contribution in [0.5, 0.6) is 0 Å². The number of carboxylic acids is 1. The van der Waals surface area contributed by atoms with E-state index >= 15 is 0 Å². The van der Waals surface area contributed by atoms with Crippen molar-refractivity contribution in [3.63, 3.8) is 0 Å². The van der Waals surface area contributed by atoms with Gasteiger partial charge < -0.3 is 10.8 Å². The minimum absolute atomic E-state index is 0.130. The first-order chi connectivity index (χ1) is 9.82. The number of primary amides is 1. The SMILES string of the molecule is CC1(C(=O)O)CCCN(Cc2ccc(C(N)=O)cc2F)C1. The molecule has 1 aromatic rings. The molecule has 0 saturated carbocycles. The Bertz CT molecular complexity index is 576. The highest BCUT2D eigenvalue weighted by Crippen LogP contribution is 2.30. The van der Waals surface area contributed by atoms with E-state index in [1.165, 1.54) is 12.1 Å². The highest BCUT2D eigenvalue weighted by molar-refractivity contribution is 5.92. The molecule has 1 amide bonds. The summed E-state index contributed by atoms with van der Waals surface area (Å²) in [5.74, 6) is -1.98. The number of hydrogen-bond acceptors (Lipinski definition) is 3. The van der Waals surface area contributed by atoms with Gasteiger partial charge in [0.05, 0.1) is 5.41 Å². The van der Waals surface area contributed by atoms with Crippen LogP contribution in [0, 0.1) is 11.2 Å². The van der Waals surface area contributed by atoms with Gasteiger partial charge in [-0.15, -0.1) is 0 Å². The van der Waals surface area contributed by atoms with Gasteiger partial charge in [-0.2, -0.15) is 0 Å². The first-order valence-corrected chi connectivity index (χ1v) is 6.86. The van der Waals surface area contributed by atoms with Crippen LogP contribution in [0.25, 0.3) is 0 Å². The number of halogens is 1. The van der Waals surface area contributed by atoms with Crippen molar-refractivity contribution in [3.05, 3.63) is 35.1 Å². The second-order valence-electron chi connectivity index (χ2n) is 5.85. The van der Waals surface area contributed by atoms with Crippen LogP contribution in [0.3, 0.4) is 0 Å². The van der Waals surface area contributed by atoms with Crippen LogP contribution in [-0.2, 0) is 11.3 Å². The van der Waals surface area contributed by atoms with E-state index in [2.05, 4.69) is 0 Å². The lowest BCUT2D eigenvalue weighted by Crippen LogP contribution is -2.45. The van der Waals surface area contributed by atoms with Crippen LogP contribution in [0.2, 0.25) is 0 Å². The maximum Gasteiger partial charge on any atom is 0.310 e. The van der Waals surface area contributed by atoms with Crippen molar-refractivity contribution in [2.24, 2.45) is 11.1 Å². The fraction of sp³-hybridized carbons (Fsp3) is 0.467. The number of carbonyl (C=O) groups is 2. The molecule has 0 spiro atoms. The molecule has 1 saturated heterocycles. The molecule has 0 bridgehead atoms. The first-order valence-electron chi connectivity index (χ1n) is 6.86. The summed E-state index contributed by atoms with van der Waals surface area (Å²) in [6.45, 7) is 3.17. The van der Waals surface area contributed by atoms with Crippen molar-refractivity contribution in [1.29, 1.82) is 0 Å². The molecule has 2 rings (SSSR count). The average Bonchev–Trinajstić information content (AvgIpc) is 2.41. The van der Waals surface area contributed by atoms with Crippen molar-refractivity contribution in [1.82, 2.24) is 4.90 Å². The topological polar surface area (TPSA) is 83.6 Å². The number of nitrogens with zero attached hydrogens (tertiary/aromatic N) is 1. The Morgan fingerprint density at radius 2 is 2.19 bits per heavy atom. The quantitative estimate of drug-likeness (QED) is 0.883. The molecule has 0 aromatic heterocycles. The molecule has 6 heteroatoms. The van der Waals surface area contributed by atoms with E-state index in [0.717, 1.165) is 19.0 Å². The molecule has 1 unspecified atom stereocenters. The molecule has 1 aromatic carbocycles. The standard InChI is InChI=1S/C15H19FN2O3/c1-15(14(20)21)5-2-6-18(9-15)8-11-4-3-10(13(17)19)7-12(11)16/h3-4,7H,2,5-6,8-9H2,1H3,(H2,17,19)(H,20,21). The van der Waals surface area contributed by atoms with Gasteiger partial charge in [0.25, 0.3) is 0 Å². The molecular weight excluding hydrogens is 275 g/mol. The number of carbonyl (C=O) groups excluding carboxylic acids is 1. The van der Waals surface area contributed by atoms with Crippen LogP contribution in [0.1, 0.15) is 35.7 Å². The van der Waals surface area contributed by atoms with Crippen LogP contribution in [0.15, 0.2) is 18.2 Å². The minimum Gasteiger partial charge on any atom is -0.481 e. The van der Waals surface area contributed by atoms with E-state index in [1.54, 1.807) is 6.92 Å². The highest BCUT2D eigenvalue weighted by Gasteiger charge is 2.37. The molecule has 114 valence electrons. The molecule has 3 N–H and O–H groups in total. The summed E-state index contributed by atoms with van der Waals surface area (Å²) in [6, 6.07) is 4.14. The van der Waals surface area contributed by atoms with Gasteiger partial charge in [-0.3, -0.25) is 14.5 Å². The highest BCUT2D eigenvalue weighted by atomic mass is 19.1. The number of piperidine rings is 1. The lowest BCUT2D eigenvalue weighted by molar-refractivity contribution is -0.151. The van der Waals surface area contributed by atoms with Gasteiger partial charge in [0.1, 0.15) is 5.82 Å². The molecule has 1 aliphatic rings. The number of aliphatic carboxylic acids is 1. The Morgan fingerprint density at radius 3 is 2.76 bits per heavy atom. The van der Waals surface area contributed by atoms with E-state index in [4.69, 9.17) is 5.73 Å². The number of nitrogens with two attached hydrogens (primary N) is 1. The normalized spacial score (nSPS) is 23.0. The Hall–Kier alpha value is -1.95. The molecule has 1 fully saturated rings. The summed E-state index contributed by atoms with van der Waals surface area (Å²) in [4.78, 5) is 24.2. The van der Waals surface area contributed by atoms with Crippen LogP contribution < -0.4 is 5.73 Å². The smallest absolute Gasteiger partial charge is 0.310 e. The molecule has 1 heterocycles. The van der Waals surface area contributed by atoms with Crippen molar-refractivity contribution in [3.8, 4) is 0 Å². The fourth-order valence-corrected chi connectivity index (χ4v) is 2.72. The van der Waals surface area contributed by atoms with E-state index in [1.807, 2.05) is 4.90 Å². The zero-order valence-electron chi connectivity index (χ0n) is 11.9. The van der Waals surface area contributed by atoms with Crippen molar-refractivity contribution < 1.29 is 19.1 Å². The van der Waals surface area contributed by atoms with Crippen molar-refractivity contribution >= 4 is 11.9 Å². The number of rotatable bonds is 4. The molecule has 1 atom stereocenters. The van der Waals surface area contributed by atoms with Gasteiger partial charge >= 0.3 is 5.97 Å². The van der Waals surface area contributed by atoms with Gasteiger partial charge in [0.15, 0.2) is 0 Å². The van der Waals surface area contributed by atoms with Crippen LogP contribution in [-0.4, -0.2) is 35.0 Å². The van der Waals surface area contributed by atoms with E-state index in [9.17, 15) is 19.1 Å². The van der Waals surface area contributed by atoms with E-state index < -0.39 is 23.1 Å². The van der Waals surface area contributed by atoms with E-state index in [0.29, 0.717) is 25.1 Å². The fourth-order valence-electron chi connectivity index (χ4n) is 2.72. The lowest BCUT2D eigenvalue weighted by Gasteiger charge is -2.37. The maximum atomic E-state index is 14.0. The minimum atomic E-state index is -0.822. The van der Waals surface area contributed by atoms with Crippen LogP contribution >= 0.6 is 0 Å². The molecule has 0 radical (unpaired) electrons. The summed E-state index contributed by atoms with van der Waals surface area (Å²) >= 11 is 0. The summed E-state index contributed by atoms with van der Waals surface area (Å²) in [5.41, 5.74) is 4.88. The van der Waals surface area contributed by atoms with Gasteiger partial charge in [-0.05, 0) is 38.4 Å². The largest absolute Gasteiger partial charge is 0.481 e. The van der Waals surface area contributed by atoms with Gasteiger partial charge in [-0.1, -0.05) is 6.07 Å². The zero-order chi connectivity index (χ0) is 15.6. The third kappa shape index (κ3) is 3.39. The second kappa shape index (κ2) is 5.81. The predicted molar refractivity (Wildman–Crippen MR) is 75.2 cm³/mol. The summed E-state index contributed by atoms with van der Waals surface area (Å²) in [6.07, 6.45) is 1.39. The Kier molecular flexibility index (Phi) is 4.27. The number of amides is 1. The predicted octanol–water partition coefficient (Wildman–Crippen LogP) is 1.61. The third-order valence-electron chi connectivity index (χ3n) is 4.02. The number of likely N-dealkylation sites (tertiary alicyclic amines) is 1. The van der Waals surface area contributed by atoms with Crippen molar-refractivity contribution in [2.75, 3.05) is 13.1 Å². The molecular formula is C15H19FN2O3. The third-order valence-corrected chi connectivity index (χ3v) is 4.02. The average molecular weight is 294 g/mol. The lowest BCUT2D eigenvalue weighted by atomic mass is 9.82. The second-order valence-corrected chi connectivity index (χ2v) is 5.85. The molecule has 5 nitrogen and oxygen atoms in total. The molecule has 0 aliphatic carbocycles. The van der Waals surface area contributed by atoms with Gasteiger partial charge in [0, 0.05) is 24.2 Å². The van der Waals surface area contributed by atoms with Crippen molar-refractivity contribution in [2.45, 2.75) is 26.3 Å². The first kappa shape index (κ1) is 15.4. The Labute approximate surface area is 122 Å². The summed E-state index contributed by atoms with van der Waals surface area (Å²) < 4.78 is 14.0. The zero-order valence-corrected chi connectivity index (χ0v) is 11.9. The molecule has 21 heavy (non-hydrogen) atoms. The number of benzene rings is 1. The number of carboxylic acid groups (broad SMARTS) is 1. The number of hydrogen-bond donors (Lipinski definition) is 2. The summed E-state index contributed by atoms with van der Waals surface area (Å²) in [7, 11) is 0. The van der Waals surface area contributed by atoms with Gasteiger partial charge in [0.2, 0.25) is 5.91 Å². The van der Waals surface area contributed by atoms with E-state index in [-0.39, 0.29) is 5.56 Å². The molecule has 1 aliphatic heterocycles. The maximum absolute atomic E-state index is 14.0. The Balaban J connectivity index is 2.11. The monoisotopic (exact) mass is 294 g/mol.